The predicted molar refractivity (Wildman–Crippen MR) is 63.2 cm³/mol. The highest BCUT2D eigenvalue weighted by atomic mass is 19.1. The lowest BCUT2D eigenvalue weighted by molar-refractivity contribution is 0.144. The summed E-state index contributed by atoms with van der Waals surface area (Å²) in [5.74, 6) is 0.603. The fourth-order valence-electron chi connectivity index (χ4n) is 1.59. The molecular weight excluding hydrogens is 223 g/mol. The number of benzene rings is 1. The van der Waals surface area contributed by atoms with E-state index in [1.54, 1.807) is 19.2 Å². The molecule has 17 heavy (non-hydrogen) atoms. The summed E-state index contributed by atoms with van der Waals surface area (Å²) < 4.78 is 23.7. The van der Waals surface area contributed by atoms with E-state index >= 15 is 0 Å². The van der Waals surface area contributed by atoms with Crippen LogP contribution >= 0.6 is 0 Å². The van der Waals surface area contributed by atoms with Crippen LogP contribution in [0, 0.1) is 5.82 Å². The standard InChI is InChI=1S/C12H15FN2O2/c1-16-6-7-17-11-3-2-9(8-10(11)13)12-14-4-5-15-12/h2-3,8H,4-7H2,1H3,(H,14,15). The molecule has 0 radical (unpaired) electrons. The van der Waals surface area contributed by atoms with Crippen LogP contribution in [0.5, 0.6) is 5.75 Å². The second-order valence-corrected chi connectivity index (χ2v) is 3.64. The van der Waals surface area contributed by atoms with Gasteiger partial charge in [-0.1, -0.05) is 0 Å². The monoisotopic (exact) mass is 238 g/mol. The Hall–Kier alpha value is -1.62. The van der Waals surface area contributed by atoms with Crippen LogP contribution in [-0.2, 0) is 4.74 Å². The van der Waals surface area contributed by atoms with E-state index in [9.17, 15) is 4.39 Å². The molecule has 1 aromatic carbocycles. The molecule has 0 unspecified atom stereocenters. The van der Waals surface area contributed by atoms with Crippen LogP contribution in [0.2, 0.25) is 0 Å². The number of rotatable bonds is 5. The van der Waals surface area contributed by atoms with E-state index in [2.05, 4.69) is 10.3 Å². The molecule has 0 spiro atoms. The van der Waals surface area contributed by atoms with Crippen LogP contribution in [-0.4, -0.2) is 39.2 Å². The van der Waals surface area contributed by atoms with E-state index in [0.29, 0.717) is 13.2 Å². The van der Waals surface area contributed by atoms with E-state index in [1.807, 2.05) is 0 Å². The number of hydrogen-bond donors (Lipinski definition) is 1. The molecule has 0 fully saturated rings. The van der Waals surface area contributed by atoms with Crippen LogP contribution in [0.3, 0.4) is 0 Å². The molecule has 1 aromatic rings. The van der Waals surface area contributed by atoms with Gasteiger partial charge in [-0.05, 0) is 18.2 Å². The van der Waals surface area contributed by atoms with Gasteiger partial charge in [-0.15, -0.1) is 0 Å². The summed E-state index contributed by atoms with van der Waals surface area (Å²) in [6.07, 6.45) is 0. The highest BCUT2D eigenvalue weighted by Gasteiger charge is 2.11. The molecule has 1 heterocycles. The summed E-state index contributed by atoms with van der Waals surface area (Å²) in [6.45, 7) is 2.33. The molecule has 0 bridgehead atoms. The number of nitrogens with one attached hydrogen (secondary N) is 1. The third-order valence-corrected chi connectivity index (χ3v) is 2.42. The smallest absolute Gasteiger partial charge is 0.165 e. The fourth-order valence-corrected chi connectivity index (χ4v) is 1.59. The van der Waals surface area contributed by atoms with Crippen LogP contribution in [0.25, 0.3) is 0 Å². The van der Waals surface area contributed by atoms with Gasteiger partial charge in [0, 0.05) is 19.2 Å². The Morgan fingerprint density at radius 3 is 2.94 bits per heavy atom. The minimum absolute atomic E-state index is 0.240. The van der Waals surface area contributed by atoms with Crippen molar-refractivity contribution < 1.29 is 13.9 Å². The Balaban J connectivity index is 2.06. The van der Waals surface area contributed by atoms with Crippen molar-refractivity contribution in [1.82, 2.24) is 5.32 Å². The largest absolute Gasteiger partial charge is 0.488 e. The number of ether oxygens (including phenoxy) is 2. The van der Waals surface area contributed by atoms with Gasteiger partial charge in [-0.2, -0.15) is 0 Å². The zero-order chi connectivity index (χ0) is 12.1. The van der Waals surface area contributed by atoms with Crippen molar-refractivity contribution in [2.45, 2.75) is 0 Å². The highest BCUT2D eigenvalue weighted by molar-refractivity contribution is 5.99. The van der Waals surface area contributed by atoms with Gasteiger partial charge in [0.2, 0.25) is 0 Å². The molecule has 1 N–H and O–H groups in total. The Labute approximate surface area is 99.5 Å². The van der Waals surface area contributed by atoms with Crippen molar-refractivity contribution in [3.63, 3.8) is 0 Å². The molecule has 4 nitrogen and oxygen atoms in total. The first kappa shape index (κ1) is 11.9. The molecular formula is C12H15FN2O2. The Kier molecular flexibility index (Phi) is 3.93. The summed E-state index contributed by atoms with van der Waals surface area (Å²) in [5.41, 5.74) is 0.749. The lowest BCUT2D eigenvalue weighted by atomic mass is 10.2. The van der Waals surface area contributed by atoms with Gasteiger partial charge in [0.25, 0.3) is 0 Å². The fraction of sp³-hybridized carbons (Fsp3) is 0.417. The lowest BCUT2D eigenvalue weighted by Gasteiger charge is -2.08. The number of amidine groups is 1. The van der Waals surface area contributed by atoms with Gasteiger partial charge in [0.15, 0.2) is 11.6 Å². The van der Waals surface area contributed by atoms with E-state index in [4.69, 9.17) is 9.47 Å². The SMILES string of the molecule is COCCOc1ccc(C2=NCCN2)cc1F. The van der Waals surface area contributed by atoms with Crippen molar-refractivity contribution in [3.8, 4) is 5.75 Å². The predicted octanol–water partition coefficient (Wildman–Crippen LogP) is 1.20. The average molecular weight is 238 g/mol. The van der Waals surface area contributed by atoms with Gasteiger partial charge >= 0.3 is 0 Å². The summed E-state index contributed by atoms with van der Waals surface area (Å²) >= 11 is 0. The molecule has 0 saturated heterocycles. The molecule has 1 aliphatic rings. The third kappa shape index (κ3) is 2.94. The Morgan fingerprint density at radius 1 is 1.41 bits per heavy atom. The molecule has 0 aromatic heterocycles. The molecule has 92 valence electrons. The number of nitrogens with zero attached hydrogens (tertiary/aromatic N) is 1. The normalized spacial score (nSPS) is 14.4. The first-order valence-electron chi connectivity index (χ1n) is 5.51. The quantitative estimate of drug-likeness (QED) is 0.784. The molecule has 0 saturated carbocycles. The van der Waals surface area contributed by atoms with Gasteiger partial charge in [-0.3, -0.25) is 4.99 Å². The Bertz CT molecular complexity index is 421. The summed E-state index contributed by atoms with van der Waals surface area (Å²) in [6, 6.07) is 4.84. The maximum absolute atomic E-state index is 13.7. The number of aliphatic imine (C=N–C) groups is 1. The van der Waals surface area contributed by atoms with Crippen LogP contribution in [0.4, 0.5) is 4.39 Å². The molecule has 0 atom stereocenters. The van der Waals surface area contributed by atoms with Crippen LogP contribution < -0.4 is 10.1 Å². The molecule has 0 aliphatic carbocycles. The molecule has 5 heteroatoms. The van der Waals surface area contributed by atoms with E-state index in [1.165, 1.54) is 6.07 Å². The van der Waals surface area contributed by atoms with Crippen molar-refractivity contribution >= 4 is 5.84 Å². The van der Waals surface area contributed by atoms with E-state index in [0.717, 1.165) is 24.5 Å². The van der Waals surface area contributed by atoms with Gasteiger partial charge in [0.05, 0.1) is 13.2 Å². The topological polar surface area (TPSA) is 42.9 Å². The Morgan fingerprint density at radius 2 is 2.29 bits per heavy atom. The first-order valence-corrected chi connectivity index (χ1v) is 5.51. The van der Waals surface area contributed by atoms with Crippen molar-refractivity contribution in [1.29, 1.82) is 0 Å². The number of halogens is 1. The van der Waals surface area contributed by atoms with Crippen LogP contribution in [0.15, 0.2) is 23.2 Å². The minimum atomic E-state index is -0.380. The maximum atomic E-state index is 13.7. The maximum Gasteiger partial charge on any atom is 0.165 e. The van der Waals surface area contributed by atoms with E-state index in [-0.39, 0.29) is 11.6 Å². The van der Waals surface area contributed by atoms with E-state index < -0.39 is 0 Å². The van der Waals surface area contributed by atoms with Crippen LogP contribution in [0.1, 0.15) is 5.56 Å². The van der Waals surface area contributed by atoms with Gasteiger partial charge < -0.3 is 14.8 Å². The first-order chi connectivity index (χ1) is 8.31. The van der Waals surface area contributed by atoms with Gasteiger partial charge in [0.1, 0.15) is 12.4 Å². The van der Waals surface area contributed by atoms with Crippen molar-refractivity contribution in [2.24, 2.45) is 4.99 Å². The minimum Gasteiger partial charge on any atom is -0.488 e. The zero-order valence-corrected chi connectivity index (χ0v) is 9.70. The zero-order valence-electron chi connectivity index (χ0n) is 9.70. The highest BCUT2D eigenvalue weighted by Crippen LogP contribution is 2.18. The van der Waals surface area contributed by atoms with Crippen molar-refractivity contribution in [2.75, 3.05) is 33.4 Å². The lowest BCUT2D eigenvalue weighted by Crippen LogP contribution is -2.19. The second-order valence-electron chi connectivity index (χ2n) is 3.64. The third-order valence-electron chi connectivity index (χ3n) is 2.42. The van der Waals surface area contributed by atoms with Crippen molar-refractivity contribution in [3.05, 3.63) is 29.6 Å². The second kappa shape index (κ2) is 5.63. The average Bonchev–Trinajstić information content (AvgIpc) is 2.85. The summed E-state index contributed by atoms with van der Waals surface area (Å²) in [5, 5.41) is 3.09. The number of methoxy groups -OCH3 is 1. The molecule has 0 amide bonds. The molecule has 2 rings (SSSR count). The van der Waals surface area contributed by atoms with Gasteiger partial charge in [-0.25, -0.2) is 4.39 Å². The summed E-state index contributed by atoms with van der Waals surface area (Å²) in [4.78, 5) is 4.23. The number of hydrogen-bond acceptors (Lipinski definition) is 4. The summed E-state index contributed by atoms with van der Waals surface area (Å²) in [7, 11) is 1.58. The molecule has 1 aliphatic heterocycles.